The normalized spacial score (nSPS) is 24.4. The maximum absolute atomic E-state index is 13.1. The van der Waals surface area contributed by atoms with E-state index in [1.165, 1.54) is 6.33 Å². The number of carbonyl (C=O) groups is 1. The maximum Gasteiger partial charge on any atom is 0.235 e. The molecule has 6 heteroatoms. The lowest BCUT2D eigenvalue weighted by atomic mass is 9.78. The Hall–Kier alpha value is -2.50. The Morgan fingerprint density at radius 1 is 1.09 bits per heavy atom. The molecule has 0 aromatic carbocycles. The van der Waals surface area contributed by atoms with Crippen LogP contribution >= 0.6 is 0 Å². The molecule has 0 N–H and O–H groups in total. The van der Waals surface area contributed by atoms with Gasteiger partial charge in [-0.25, -0.2) is 15.0 Å². The predicted molar refractivity (Wildman–Crippen MR) is 87.1 cm³/mol. The molecule has 0 saturated carbocycles. The lowest BCUT2D eigenvalue weighted by Crippen LogP contribution is -2.48. The minimum absolute atomic E-state index is 0.202. The van der Waals surface area contributed by atoms with Crippen molar-refractivity contribution < 1.29 is 4.79 Å². The van der Waals surface area contributed by atoms with Crippen LogP contribution in [0, 0.1) is 5.41 Å². The van der Waals surface area contributed by atoms with Crippen LogP contribution in [0.5, 0.6) is 0 Å². The van der Waals surface area contributed by atoms with Crippen LogP contribution in [0.3, 0.4) is 0 Å². The number of aromatic nitrogens is 3. The second-order valence-corrected chi connectivity index (χ2v) is 6.30. The number of amides is 1. The molecule has 4 heterocycles. The average molecular weight is 309 g/mol. The number of nitrogens with zero attached hydrogens (tertiary/aromatic N) is 5. The molecule has 118 valence electrons. The minimum atomic E-state index is -0.300. The molecule has 4 rings (SSSR count). The predicted octanol–water partition coefficient (Wildman–Crippen LogP) is 1.90. The maximum atomic E-state index is 13.1. The van der Waals surface area contributed by atoms with Crippen molar-refractivity contribution in [2.45, 2.75) is 19.3 Å². The smallest absolute Gasteiger partial charge is 0.235 e. The van der Waals surface area contributed by atoms with Crippen molar-refractivity contribution in [2.75, 3.05) is 29.4 Å². The molecule has 2 aliphatic heterocycles. The van der Waals surface area contributed by atoms with E-state index in [2.05, 4.69) is 19.9 Å². The highest BCUT2D eigenvalue weighted by Gasteiger charge is 2.49. The topological polar surface area (TPSA) is 62.2 Å². The quantitative estimate of drug-likeness (QED) is 0.848. The van der Waals surface area contributed by atoms with Gasteiger partial charge in [-0.15, -0.1) is 0 Å². The van der Waals surface area contributed by atoms with Gasteiger partial charge in [0.05, 0.1) is 23.5 Å². The van der Waals surface area contributed by atoms with Crippen LogP contribution in [-0.4, -0.2) is 40.5 Å². The molecule has 1 unspecified atom stereocenters. The molecule has 0 aliphatic carbocycles. The summed E-state index contributed by atoms with van der Waals surface area (Å²) in [5.41, 5.74) is 0.496. The van der Waals surface area contributed by atoms with Crippen molar-refractivity contribution >= 4 is 17.4 Å². The number of carbonyl (C=O) groups excluding carboxylic acids is 1. The monoisotopic (exact) mass is 309 g/mol. The number of rotatable bonds is 2. The summed E-state index contributed by atoms with van der Waals surface area (Å²) in [5.74, 6) is 1.16. The zero-order valence-corrected chi connectivity index (χ0v) is 12.9. The van der Waals surface area contributed by atoms with Crippen molar-refractivity contribution in [1.29, 1.82) is 0 Å². The second kappa shape index (κ2) is 5.61. The van der Waals surface area contributed by atoms with Gasteiger partial charge in [0, 0.05) is 25.8 Å². The molecule has 2 aliphatic rings. The number of hydrogen-bond donors (Lipinski definition) is 0. The van der Waals surface area contributed by atoms with E-state index in [0.717, 1.165) is 50.4 Å². The molecule has 1 amide bonds. The third-order valence-corrected chi connectivity index (χ3v) is 4.92. The first-order chi connectivity index (χ1) is 11.3. The van der Waals surface area contributed by atoms with Crippen molar-refractivity contribution in [3.63, 3.8) is 0 Å². The van der Waals surface area contributed by atoms with Crippen LogP contribution in [0.15, 0.2) is 43.1 Å². The molecule has 1 spiro atoms. The Labute approximate surface area is 135 Å². The van der Waals surface area contributed by atoms with Crippen LogP contribution in [0.1, 0.15) is 19.3 Å². The van der Waals surface area contributed by atoms with Crippen LogP contribution in [0.25, 0.3) is 0 Å². The van der Waals surface area contributed by atoms with E-state index in [0.29, 0.717) is 0 Å². The first kappa shape index (κ1) is 14.1. The highest BCUT2D eigenvalue weighted by atomic mass is 16.2. The summed E-state index contributed by atoms with van der Waals surface area (Å²) < 4.78 is 0. The summed E-state index contributed by atoms with van der Waals surface area (Å²) in [6.45, 7) is 2.44. The fraction of sp³-hybridized carbons (Fsp3) is 0.412. The number of piperidine rings is 1. The highest BCUT2D eigenvalue weighted by Crippen LogP contribution is 2.42. The van der Waals surface area contributed by atoms with Crippen LogP contribution in [-0.2, 0) is 4.79 Å². The van der Waals surface area contributed by atoms with Gasteiger partial charge in [0.1, 0.15) is 12.1 Å². The molecular weight excluding hydrogens is 290 g/mol. The van der Waals surface area contributed by atoms with Gasteiger partial charge >= 0.3 is 0 Å². The number of anilines is 2. The SMILES string of the molecule is O=C1N(c2cncnc2)CCC12CCCN(c1ccccn1)C2. The second-order valence-electron chi connectivity index (χ2n) is 6.30. The molecule has 2 fully saturated rings. The van der Waals surface area contributed by atoms with E-state index in [1.807, 2.05) is 23.1 Å². The van der Waals surface area contributed by atoms with E-state index >= 15 is 0 Å². The molecule has 2 saturated heterocycles. The van der Waals surface area contributed by atoms with Gasteiger partial charge < -0.3 is 9.80 Å². The van der Waals surface area contributed by atoms with Crippen molar-refractivity contribution in [1.82, 2.24) is 15.0 Å². The summed E-state index contributed by atoms with van der Waals surface area (Å²) in [6.07, 6.45) is 9.56. The van der Waals surface area contributed by atoms with Gasteiger partial charge in [-0.1, -0.05) is 6.07 Å². The van der Waals surface area contributed by atoms with Crippen molar-refractivity contribution in [3.05, 3.63) is 43.1 Å². The third-order valence-electron chi connectivity index (χ3n) is 4.92. The molecule has 2 aromatic rings. The summed E-state index contributed by atoms with van der Waals surface area (Å²) in [4.78, 5) is 29.7. The van der Waals surface area contributed by atoms with E-state index < -0.39 is 0 Å². The first-order valence-corrected chi connectivity index (χ1v) is 8.01. The van der Waals surface area contributed by atoms with Gasteiger partial charge in [-0.05, 0) is 31.4 Å². The van der Waals surface area contributed by atoms with Crippen LogP contribution < -0.4 is 9.80 Å². The van der Waals surface area contributed by atoms with E-state index in [9.17, 15) is 4.79 Å². The summed E-state index contributed by atoms with van der Waals surface area (Å²) in [5, 5.41) is 0. The Balaban J connectivity index is 1.58. The van der Waals surface area contributed by atoms with E-state index in [4.69, 9.17) is 0 Å². The summed E-state index contributed by atoms with van der Waals surface area (Å²) in [7, 11) is 0. The average Bonchev–Trinajstić information content (AvgIpc) is 2.93. The van der Waals surface area contributed by atoms with E-state index in [1.54, 1.807) is 18.6 Å². The molecule has 0 bridgehead atoms. The van der Waals surface area contributed by atoms with Crippen LogP contribution in [0.4, 0.5) is 11.5 Å². The fourth-order valence-corrected chi connectivity index (χ4v) is 3.74. The molecule has 1 atom stereocenters. The lowest BCUT2D eigenvalue weighted by Gasteiger charge is -2.39. The fourth-order valence-electron chi connectivity index (χ4n) is 3.74. The Morgan fingerprint density at radius 3 is 2.74 bits per heavy atom. The van der Waals surface area contributed by atoms with Crippen molar-refractivity contribution in [3.8, 4) is 0 Å². The summed E-state index contributed by atoms with van der Waals surface area (Å²) >= 11 is 0. The molecular formula is C17H19N5O. The van der Waals surface area contributed by atoms with Gasteiger partial charge in [-0.3, -0.25) is 4.79 Å². The zero-order valence-electron chi connectivity index (χ0n) is 12.9. The number of hydrogen-bond acceptors (Lipinski definition) is 5. The van der Waals surface area contributed by atoms with Gasteiger partial charge in [-0.2, -0.15) is 0 Å². The third kappa shape index (κ3) is 2.44. The molecule has 6 nitrogen and oxygen atoms in total. The van der Waals surface area contributed by atoms with Gasteiger partial charge in [0.2, 0.25) is 5.91 Å². The minimum Gasteiger partial charge on any atom is -0.356 e. The Morgan fingerprint density at radius 2 is 1.96 bits per heavy atom. The zero-order chi connectivity index (χ0) is 15.7. The number of pyridine rings is 1. The lowest BCUT2D eigenvalue weighted by molar-refractivity contribution is -0.126. The molecule has 0 radical (unpaired) electrons. The summed E-state index contributed by atoms with van der Waals surface area (Å²) in [6, 6.07) is 5.93. The Bertz CT molecular complexity index is 693. The highest BCUT2D eigenvalue weighted by molar-refractivity contribution is 6.00. The van der Waals surface area contributed by atoms with Gasteiger partial charge in [0.25, 0.3) is 0 Å². The largest absolute Gasteiger partial charge is 0.356 e. The van der Waals surface area contributed by atoms with Crippen molar-refractivity contribution in [2.24, 2.45) is 5.41 Å². The molecule has 2 aromatic heterocycles. The Kier molecular flexibility index (Phi) is 3.44. The van der Waals surface area contributed by atoms with Gasteiger partial charge in [0.15, 0.2) is 0 Å². The van der Waals surface area contributed by atoms with Crippen LogP contribution in [0.2, 0.25) is 0 Å². The standard InChI is InChI=1S/C17H19N5O/c23-16-17(6-9-22(16)14-10-18-13-19-11-14)5-3-8-21(12-17)15-4-1-2-7-20-15/h1-2,4,7,10-11,13H,3,5-6,8-9,12H2. The van der Waals surface area contributed by atoms with E-state index in [-0.39, 0.29) is 11.3 Å². The molecule has 23 heavy (non-hydrogen) atoms. The first-order valence-electron chi connectivity index (χ1n) is 8.01.